The Bertz CT molecular complexity index is 931. The highest BCUT2D eigenvalue weighted by molar-refractivity contribution is 5.94. The molecule has 5 heteroatoms. The number of carboxylic acid groups (broad SMARTS) is 1. The summed E-state index contributed by atoms with van der Waals surface area (Å²) >= 11 is 0. The van der Waals surface area contributed by atoms with Gasteiger partial charge in [0.05, 0.1) is 11.7 Å². The fraction of sp³-hybridized carbons (Fsp3) is 0.462. The van der Waals surface area contributed by atoms with Gasteiger partial charge in [-0.25, -0.2) is 4.79 Å². The minimum Gasteiger partial charge on any atom is -0.478 e. The number of aliphatic hydroxyl groups excluding tert-OH is 1. The van der Waals surface area contributed by atoms with Gasteiger partial charge in [-0.05, 0) is 80.3 Å². The van der Waals surface area contributed by atoms with Gasteiger partial charge in [0.15, 0.2) is 0 Å². The van der Waals surface area contributed by atoms with E-state index in [1.807, 2.05) is 36.1 Å². The molecule has 1 amide bonds. The SMILES string of the molecule is CCC(O)C1(c2ccc(N3C(=O)CCCC3CCc3ccc(C(=O)O)cc3)cc2)CC1. The zero-order chi connectivity index (χ0) is 22.0. The molecular formula is C26H31NO4. The van der Waals surface area contributed by atoms with E-state index in [9.17, 15) is 14.7 Å². The molecule has 1 aliphatic carbocycles. The quantitative estimate of drug-likeness (QED) is 0.647. The first kappa shape index (κ1) is 21.6. The Morgan fingerprint density at radius 2 is 1.81 bits per heavy atom. The molecule has 1 saturated carbocycles. The summed E-state index contributed by atoms with van der Waals surface area (Å²) in [6, 6.07) is 15.4. The zero-order valence-corrected chi connectivity index (χ0v) is 18.1. The van der Waals surface area contributed by atoms with Gasteiger partial charge in [-0.15, -0.1) is 0 Å². The molecule has 2 aromatic rings. The number of amides is 1. The number of carbonyl (C=O) groups excluding carboxylic acids is 1. The molecule has 0 aromatic heterocycles. The molecule has 0 spiro atoms. The average molecular weight is 422 g/mol. The van der Waals surface area contributed by atoms with E-state index in [0.717, 1.165) is 56.2 Å². The predicted octanol–water partition coefficient (Wildman–Crippen LogP) is 4.71. The summed E-state index contributed by atoms with van der Waals surface area (Å²) in [6.45, 7) is 2.02. The number of aromatic carboxylic acids is 1. The minimum absolute atomic E-state index is 0.0965. The van der Waals surface area contributed by atoms with Gasteiger partial charge in [0, 0.05) is 23.6 Å². The monoisotopic (exact) mass is 421 g/mol. The average Bonchev–Trinajstić information content (AvgIpc) is 3.60. The second-order valence-corrected chi connectivity index (χ2v) is 8.98. The van der Waals surface area contributed by atoms with E-state index in [0.29, 0.717) is 12.0 Å². The maximum absolute atomic E-state index is 12.8. The summed E-state index contributed by atoms with van der Waals surface area (Å²) in [6.07, 6.45) is 6.58. The van der Waals surface area contributed by atoms with Crippen LogP contribution in [0.15, 0.2) is 48.5 Å². The normalized spacial score (nSPS) is 21.0. The third-order valence-corrected chi connectivity index (χ3v) is 7.06. The van der Waals surface area contributed by atoms with Crippen molar-refractivity contribution in [1.82, 2.24) is 0 Å². The molecule has 2 aromatic carbocycles. The number of nitrogens with zero attached hydrogens (tertiary/aromatic N) is 1. The van der Waals surface area contributed by atoms with E-state index < -0.39 is 5.97 Å². The number of aliphatic hydroxyl groups is 1. The van der Waals surface area contributed by atoms with Gasteiger partial charge in [-0.3, -0.25) is 4.79 Å². The van der Waals surface area contributed by atoms with Crippen LogP contribution in [-0.2, 0) is 16.6 Å². The Hall–Kier alpha value is -2.66. The molecule has 2 fully saturated rings. The highest BCUT2D eigenvalue weighted by Crippen LogP contribution is 2.52. The summed E-state index contributed by atoms with van der Waals surface area (Å²) in [7, 11) is 0. The Morgan fingerprint density at radius 3 is 2.39 bits per heavy atom. The van der Waals surface area contributed by atoms with Crippen LogP contribution in [-0.4, -0.2) is 34.2 Å². The van der Waals surface area contributed by atoms with Crippen LogP contribution in [0, 0.1) is 0 Å². The first-order valence-electron chi connectivity index (χ1n) is 11.4. The van der Waals surface area contributed by atoms with E-state index in [-0.39, 0.29) is 23.5 Å². The number of hydrogen-bond acceptors (Lipinski definition) is 3. The number of aryl methyl sites for hydroxylation is 1. The lowest BCUT2D eigenvalue weighted by molar-refractivity contribution is -0.120. The van der Waals surface area contributed by atoms with E-state index >= 15 is 0 Å². The van der Waals surface area contributed by atoms with Crippen LogP contribution in [0.5, 0.6) is 0 Å². The lowest BCUT2D eigenvalue weighted by Crippen LogP contribution is -2.44. The van der Waals surface area contributed by atoms with Crippen molar-refractivity contribution >= 4 is 17.6 Å². The van der Waals surface area contributed by atoms with E-state index in [4.69, 9.17) is 5.11 Å². The van der Waals surface area contributed by atoms with Crippen molar-refractivity contribution < 1.29 is 19.8 Å². The third kappa shape index (κ3) is 4.38. The summed E-state index contributed by atoms with van der Waals surface area (Å²) in [4.78, 5) is 25.8. The predicted molar refractivity (Wildman–Crippen MR) is 120 cm³/mol. The van der Waals surface area contributed by atoms with E-state index in [2.05, 4.69) is 12.1 Å². The van der Waals surface area contributed by atoms with Gasteiger partial charge in [-0.2, -0.15) is 0 Å². The third-order valence-electron chi connectivity index (χ3n) is 7.06. The van der Waals surface area contributed by atoms with Crippen LogP contribution in [0.4, 0.5) is 5.69 Å². The number of piperidine rings is 1. The van der Waals surface area contributed by atoms with Crippen LogP contribution in [0.3, 0.4) is 0 Å². The molecule has 2 aliphatic rings. The van der Waals surface area contributed by atoms with E-state index in [1.165, 1.54) is 5.56 Å². The topological polar surface area (TPSA) is 77.8 Å². The number of rotatable bonds is 8. The lowest BCUT2D eigenvalue weighted by Gasteiger charge is -2.36. The molecule has 2 N–H and O–H groups in total. The van der Waals surface area contributed by atoms with Gasteiger partial charge in [0.1, 0.15) is 0 Å². The van der Waals surface area contributed by atoms with Crippen molar-refractivity contribution in [3.8, 4) is 0 Å². The van der Waals surface area contributed by atoms with Gasteiger partial charge in [0.25, 0.3) is 0 Å². The number of carboxylic acids is 1. The minimum atomic E-state index is -0.918. The standard InChI is InChI=1S/C26H31NO4/c1-2-23(28)26(16-17-26)20-11-14-22(15-12-20)27-21(4-3-5-24(27)29)13-8-18-6-9-19(10-7-18)25(30)31/h6-7,9-12,14-15,21,23,28H,2-5,8,13,16-17H2,1H3,(H,30,31). The lowest BCUT2D eigenvalue weighted by atomic mass is 9.88. The Balaban J connectivity index is 1.47. The largest absolute Gasteiger partial charge is 0.478 e. The van der Waals surface area contributed by atoms with Crippen molar-refractivity contribution in [2.75, 3.05) is 4.90 Å². The number of carbonyl (C=O) groups is 2. The molecule has 1 saturated heterocycles. The molecule has 1 heterocycles. The van der Waals surface area contributed by atoms with Crippen molar-refractivity contribution in [2.24, 2.45) is 0 Å². The van der Waals surface area contributed by atoms with Gasteiger partial charge in [0.2, 0.25) is 5.91 Å². The smallest absolute Gasteiger partial charge is 0.335 e. The maximum atomic E-state index is 12.8. The van der Waals surface area contributed by atoms with Crippen molar-refractivity contribution in [3.05, 3.63) is 65.2 Å². The Labute approximate surface area is 183 Å². The van der Waals surface area contributed by atoms with Gasteiger partial charge >= 0.3 is 5.97 Å². The molecule has 5 nitrogen and oxygen atoms in total. The summed E-state index contributed by atoms with van der Waals surface area (Å²) in [5.41, 5.74) is 3.38. The highest BCUT2D eigenvalue weighted by Gasteiger charge is 2.49. The summed E-state index contributed by atoms with van der Waals surface area (Å²) in [5, 5.41) is 19.5. The first-order chi connectivity index (χ1) is 14.9. The van der Waals surface area contributed by atoms with Gasteiger partial charge in [-0.1, -0.05) is 31.2 Å². The summed E-state index contributed by atoms with van der Waals surface area (Å²) in [5.74, 6) is -0.751. The van der Waals surface area contributed by atoms with Crippen LogP contribution in [0.2, 0.25) is 0 Å². The van der Waals surface area contributed by atoms with Crippen LogP contribution >= 0.6 is 0 Å². The highest BCUT2D eigenvalue weighted by atomic mass is 16.4. The maximum Gasteiger partial charge on any atom is 0.335 e. The molecule has 2 unspecified atom stereocenters. The second kappa shape index (κ2) is 8.83. The Kier molecular flexibility index (Phi) is 6.15. The molecule has 164 valence electrons. The molecule has 0 radical (unpaired) electrons. The van der Waals surface area contributed by atoms with E-state index in [1.54, 1.807) is 12.1 Å². The fourth-order valence-electron chi connectivity index (χ4n) is 5.01. The number of anilines is 1. The summed E-state index contributed by atoms with van der Waals surface area (Å²) < 4.78 is 0. The van der Waals surface area contributed by atoms with Crippen LogP contribution in [0.1, 0.15) is 73.4 Å². The molecule has 4 rings (SSSR count). The van der Waals surface area contributed by atoms with Crippen molar-refractivity contribution in [1.29, 1.82) is 0 Å². The fourth-order valence-corrected chi connectivity index (χ4v) is 5.01. The van der Waals surface area contributed by atoms with Gasteiger partial charge < -0.3 is 15.1 Å². The number of benzene rings is 2. The van der Waals surface area contributed by atoms with Crippen LogP contribution in [0.25, 0.3) is 0 Å². The van der Waals surface area contributed by atoms with Crippen molar-refractivity contribution in [3.63, 3.8) is 0 Å². The second-order valence-electron chi connectivity index (χ2n) is 8.98. The zero-order valence-electron chi connectivity index (χ0n) is 18.1. The Morgan fingerprint density at radius 1 is 1.13 bits per heavy atom. The van der Waals surface area contributed by atoms with Crippen molar-refractivity contribution in [2.45, 2.75) is 75.9 Å². The number of hydrogen-bond donors (Lipinski definition) is 2. The molecular weight excluding hydrogens is 390 g/mol. The first-order valence-corrected chi connectivity index (χ1v) is 11.4. The van der Waals surface area contributed by atoms with Crippen LogP contribution < -0.4 is 4.90 Å². The molecule has 2 atom stereocenters. The molecule has 0 bridgehead atoms. The molecule has 1 aliphatic heterocycles. The molecule has 31 heavy (non-hydrogen) atoms.